The lowest BCUT2D eigenvalue weighted by atomic mass is 9.44. The Bertz CT molecular complexity index is 1280. The summed E-state index contributed by atoms with van der Waals surface area (Å²) in [5, 5.41) is 9.81. The number of allylic oxidation sites excluding steroid dienone is 4. The van der Waals surface area contributed by atoms with Crippen molar-refractivity contribution in [2.45, 2.75) is 114 Å². The Labute approximate surface area is 247 Å². The van der Waals surface area contributed by atoms with Crippen molar-refractivity contribution in [3.05, 3.63) is 42.0 Å². The molecular formula is C35H51N3O3. The van der Waals surface area contributed by atoms with Gasteiger partial charge in [0.1, 0.15) is 12.4 Å². The van der Waals surface area contributed by atoms with Crippen LogP contribution in [0.2, 0.25) is 0 Å². The first kappa shape index (κ1) is 32.7. The molecular weight excluding hydrogens is 510 g/mol. The van der Waals surface area contributed by atoms with Crippen LogP contribution in [0.15, 0.2) is 42.0 Å². The monoisotopic (exact) mass is 561 g/mol. The van der Waals surface area contributed by atoms with E-state index in [0.29, 0.717) is 6.42 Å². The van der Waals surface area contributed by atoms with Crippen LogP contribution in [0.5, 0.6) is 0 Å². The zero-order valence-electron chi connectivity index (χ0n) is 27.1. The minimum Gasteiger partial charge on any atom is -0.295 e. The largest absolute Gasteiger partial charge is 0.295 e. The Balaban J connectivity index is 2.03. The molecule has 2 aliphatic rings. The maximum Gasteiger partial charge on any atom is 0.237 e. The van der Waals surface area contributed by atoms with Crippen LogP contribution in [0, 0.1) is 50.2 Å². The summed E-state index contributed by atoms with van der Waals surface area (Å²) in [6.45, 7) is 21.2. The lowest BCUT2D eigenvalue weighted by Gasteiger charge is -2.59. The van der Waals surface area contributed by atoms with Gasteiger partial charge in [-0.2, -0.15) is 5.26 Å². The summed E-state index contributed by atoms with van der Waals surface area (Å²) in [4.78, 5) is 43.7. The van der Waals surface area contributed by atoms with Crippen LogP contribution in [-0.4, -0.2) is 27.0 Å². The topological polar surface area (TPSA) is 92.8 Å². The number of fused-ring (bicyclic) bond motifs is 1. The summed E-state index contributed by atoms with van der Waals surface area (Å²) in [7, 11) is 0. The maximum absolute atomic E-state index is 13.9. The molecule has 0 N–H and O–H groups in total. The summed E-state index contributed by atoms with van der Waals surface area (Å²) in [5.74, 6) is -0.295. The highest BCUT2D eigenvalue weighted by molar-refractivity contribution is 6.02. The molecule has 0 aliphatic heterocycles. The quantitative estimate of drug-likeness (QED) is 0.269. The Hall–Kier alpha value is -2.81. The molecule has 6 nitrogen and oxygen atoms in total. The predicted molar refractivity (Wildman–Crippen MR) is 163 cm³/mol. The first-order valence-corrected chi connectivity index (χ1v) is 15.3. The second-order valence-corrected chi connectivity index (χ2v) is 15.0. The van der Waals surface area contributed by atoms with Gasteiger partial charge in [0.05, 0.1) is 5.57 Å². The number of hydrogen-bond acceptors (Lipinski definition) is 5. The molecule has 1 saturated carbocycles. The van der Waals surface area contributed by atoms with Crippen LogP contribution >= 0.6 is 0 Å². The molecule has 0 unspecified atom stereocenters. The van der Waals surface area contributed by atoms with E-state index in [1.807, 2.05) is 13.0 Å². The highest BCUT2D eigenvalue weighted by Crippen LogP contribution is 2.65. The summed E-state index contributed by atoms with van der Waals surface area (Å²) >= 11 is 0. The number of ketones is 2. The van der Waals surface area contributed by atoms with Crippen molar-refractivity contribution in [3.8, 4) is 6.07 Å². The number of Topliss-reactive ketones (excluding diaryl/α,β-unsaturated/α-hetero) is 1. The lowest BCUT2D eigenvalue weighted by molar-refractivity contribution is -0.123. The third-order valence-corrected chi connectivity index (χ3v) is 11.5. The second-order valence-electron chi connectivity index (χ2n) is 15.0. The summed E-state index contributed by atoms with van der Waals surface area (Å²) in [6.07, 6.45) is 14.5. The van der Waals surface area contributed by atoms with Gasteiger partial charge >= 0.3 is 0 Å². The van der Waals surface area contributed by atoms with Crippen LogP contribution in [0.4, 0.5) is 0 Å². The summed E-state index contributed by atoms with van der Waals surface area (Å²) in [5.41, 5.74) is -0.443. The van der Waals surface area contributed by atoms with Gasteiger partial charge in [0.25, 0.3) is 0 Å². The van der Waals surface area contributed by atoms with Crippen molar-refractivity contribution in [2.75, 3.05) is 0 Å². The van der Waals surface area contributed by atoms with Crippen molar-refractivity contribution < 1.29 is 14.4 Å². The third-order valence-electron chi connectivity index (χ3n) is 11.5. The number of hydrogen-bond donors (Lipinski definition) is 0. The van der Waals surface area contributed by atoms with Crippen LogP contribution in [0.1, 0.15) is 119 Å². The number of aromatic nitrogens is 2. The van der Waals surface area contributed by atoms with Gasteiger partial charge in [-0.05, 0) is 73.7 Å². The van der Waals surface area contributed by atoms with Gasteiger partial charge in [0.15, 0.2) is 11.6 Å². The SMILES string of the molecule is CCC(C)(C)CC[C@@](C)(CCC(C)(C)[C@]1(C)CC[C@H]2[C@H](C)C(=O)C(C#N)=C[C@]2(C)/C1=C/C(C)=O)C(=O)n1ccnc1. The smallest absolute Gasteiger partial charge is 0.237 e. The molecule has 0 radical (unpaired) electrons. The van der Waals surface area contributed by atoms with Crippen molar-refractivity contribution >= 4 is 17.5 Å². The molecule has 5 atom stereocenters. The number of carbonyl (C=O) groups is 3. The molecule has 1 aromatic heterocycles. The molecule has 224 valence electrons. The number of nitrogens with zero attached hydrogens (tertiary/aromatic N) is 3. The van der Waals surface area contributed by atoms with Crippen LogP contribution in [0.25, 0.3) is 0 Å². The van der Waals surface area contributed by atoms with Gasteiger partial charge in [0, 0.05) is 29.1 Å². The van der Waals surface area contributed by atoms with Crippen molar-refractivity contribution in [2.24, 2.45) is 38.9 Å². The minimum absolute atomic E-state index is 0.0257. The van der Waals surface area contributed by atoms with Gasteiger partial charge in [-0.15, -0.1) is 0 Å². The number of nitriles is 1. The van der Waals surface area contributed by atoms with Crippen LogP contribution < -0.4 is 0 Å². The molecule has 0 aromatic carbocycles. The van der Waals surface area contributed by atoms with Gasteiger partial charge < -0.3 is 0 Å². The average Bonchev–Trinajstić information content (AvgIpc) is 3.45. The maximum atomic E-state index is 13.9. The van der Waals surface area contributed by atoms with E-state index in [1.54, 1.807) is 36.3 Å². The molecule has 0 spiro atoms. The normalized spacial score (nSPS) is 29.3. The molecule has 0 amide bonds. The summed E-state index contributed by atoms with van der Waals surface area (Å²) in [6, 6.07) is 2.14. The predicted octanol–water partition coefficient (Wildman–Crippen LogP) is 8.16. The number of carbonyl (C=O) groups excluding carboxylic acids is 3. The first-order chi connectivity index (χ1) is 18.9. The van der Waals surface area contributed by atoms with E-state index < -0.39 is 10.8 Å². The highest BCUT2D eigenvalue weighted by Gasteiger charge is 2.58. The Morgan fingerprint density at radius 1 is 1.15 bits per heavy atom. The number of imidazole rings is 1. The van der Waals surface area contributed by atoms with E-state index in [9.17, 15) is 19.6 Å². The lowest BCUT2D eigenvalue weighted by Crippen LogP contribution is -2.52. The Morgan fingerprint density at radius 2 is 1.78 bits per heavy atom. The molecule has 1 heterocycles. The average molecular weight is 562 g/mol. The van der Waals surface area contributed by atoms with E-state index in [2.05, 4.69) is 66.4 Å². The molecule has 6 heteroatoms. The van der Waals surface area contributed by atoms with E-state index >= 15 is 0 Å². The zero-order chi connectivity index (χ0) is 31.0. The molecule has 0 saturated heterocycles. The van der Waals surface area contributed by atoms with Crippen LogP contribution in [0.3, 0.4) is 0 Å². The third kappa shape index (κ3) is 6.06. The van der Waals surface area contributed by atoms with Gasteiger partial charge in [0.2, 0.25) is 5.91 Å². The summed E-state index contributed by atoms with van der Waals surface area (Å²) < 4.78 is 1.62. The van der Waals surface area contributed by atoms with E-state index in [0.717, 1.165) is 44.1 Å². The standard InChI is InChI=1S/C35H51N3O3/c1-11-31(4,5)14-16-33(8,30(41)38-19-18-37-23-38)17-15-32(6,7)35(10)13-12-27-25(3)29(40)26(22-36)21-34(27,9)28(35)20-24(2)39/h18-21,23,25,27H,11-17H2,1-10H3/b28-20-/t25-,27-,33-,34-,35+/m0/s1. The first-order valence-electron chi connectivity index (χ1n) is 15.3. The fraction of sp³-hybridized carbons (Fsp3) is 0.686. The molecule has 0 bridgehead atoms. The minimum atomic E-state index is -0.577. The Kier molecular flexibility index (Phi) is 9.14. The molecule has 1 aromatic rings. The van der Waals surface area contributed by atoms with Gasteiger partial charge in [-0.3, -0.25) is 19.0 Å². The fourth-order valence-electron chi connectivity index (χ4n) is 7.42. The fourth-order valence-corrected chi connectivity index (χ4v) is 7.42. The van der Waals surface area contributed by atoms with E-state index in [4.69, 9.17) is 0 Å². The molecule has 1 fully saturated rings. The van der Waals surface area contributed by atoms with Gasteiger partial charge in [-0.1, -0.05) is 80.4 Å². The van der Waals surface area contributed by atoms with E-state index in [1.165, 1.54) is 0 Å². The van der Waals surface area contributed by atoms with Crippen molar-refractivity contribution in [3.63, 3.8) is 0 Å². The number of rotatable bonds is 10. The van der Waals surface area contributed by atoms with E-state index in [-0.39, 0.29) is 51.1 Å². The molecule has 3 rings (SSSR count). The zero-order valence-corrected chi connectivity index (χ0v) is 27.1. The van der Waals surface area contributed by atoms with Gasteiger partial charge in [-0.25, -0.2) is 4.98 Å². The molecule has 2 aliphatic carbocycles. The molecule has 41 heavy (non-hydrogen) atoms. The van der Waals surface area contributed by atoms with Crippen LogP contribution in [-0.2, 0) is 9.59 Å². The van der Waals surface area contributed by atoms with Crippen molar-refractivity contribution in [1.29, 1.82) is 5.26 Å². The van der Waals surface area contributed by atoms with Crippen molar-refractivity contribution in [1.82, 2.24) is 9.55 Å². The Morgan fingerprint density at radius 3 is 2.32 bits per heavy atom. The second kappa shape index (κ2) is 11.5. The highest BCUT2D eigenvalue weighted by atomic mass is 16.2.